The summed E-state index contributed by atoms with van der Waals surface area (Å²) in [5.74, 6) is -2.03. The van der Waals surface area contributed by atoms with Crippen LogP contribution in [0.5, 0.6) is 5.75 Å². The van der Waals surface area contributed by atoms with Crippen molar-refractivity contribution in [2.45, 2.75) is 45.4 Å². The third-order valence-electron chi connectivity index (χ3n) is 4.39. The molecule has 1 aromatic carbocycles. The molecule has 0 saturated carbocycles. The van der Waals surface area contributed by atoms with Gasteiger partial charge in [-0.3, -0.25) is 9.78 Å². The summed E-state index contributed by atoms with van der Waals surface area (Å²) in [5, 5.41) is 3.08. The lowest BCUT2D eigenvalue weighted by Gasteiger charge is -2.24. The van der Waals surface area contributed by atoms with Crippen LogP contribution >= 0.6 is 0 Å². The van der Waals surface area contributed by atoms with E-state index in [9.17, 15) is 22.8 Å². The van der Waals surface area contributed by atoms with Crippen molar-refractivity contribution in [2.75, 3.05) is 13.1 Å². The Morgan fingerprint density at radius 1 is 1.27 bits per heavy atom. The molecular formula is C20H22F3N3O4. The molecule has 10 heteroatoms. The van der Waals surface area contributed by atoms with E-state index in [1.165, 1.54) is 17.2 Å². The first-order valence-electron chi connectivity index (χ1n) is 9.35. The maximum atomic E-state index is 13.9. The lowest BCUT2D eigenvalue weighted by molar-refractivity contribution is -0.0521. The predicted molar refractivity (Wildman–Crippen MR) is 102 cm³/mol. The SMILES string of the molecule is CC(C)(C)OC(=O)N1CC[C@H](NC(=O)c2cnc3cc(OC(F)F)c(F)cc3c2)C1. The summed E-state index contributed by atoms with van der Waals surface area (Å²) in [6.07, 6.45) is 1.39. The number of rotatable bonds is 4. The molecular weight excluding hydrogens is 403 g/mol. The molecule has 1 aliphatic heterocycles. The second-order valence-corrected chi connectivity index (χ2v) is 7.96. The molecule has 1 N–H and O–H groups in total. The van der Waals surface area contributed by atoms with Crippen molar-refractivity contribution in [2.24, 2.45) is 0 Å². The molecule has 0 unspecified atom stereocenters. The molecule has 0 aliphatic carbocycles. The number of benzene rings is 1. The average Bonchev–Trinajstić information content (AvgIpc) is 3.09. The van der Waals surface area contributed by atoms with E-state index < -0.39 is 35.8 Å². The van der Waals surface area contributed by atoms with Crippen LogP contribution in [-0.2, 0) is 4.74 Å². The van der Waals surface area contributed by atoms with Gasteiger partial charge in [0.25, 0.3) is 5.91 Å². The van der Waals surface area contributed by atoms with Crippen molar-refractivity contribution in [3.05, 3.63) is 35.8 Å². The fourth-order valence-electron chi connectivity index (χ4n) is 3.08. The largest absolute Gasteiger partial charge is 0.444 e. The number of carbonyl (C=O) groups excluding carboxylic acids is 2. The summed E-state index contributed by atoms with van der Waals surface area (Å²) in [5.41, 5.74) is -0.217. The van der Waals surface area contributed by atoms with Gasteiger partial charge in [-0.05, 0) is 39.3 Å². The van der Waals surface area contributed by atoms with E-state index >= 15 is 0 Å². The molecule has 0 bridgehead atoms. The Morgan fingerprint density at radius 3 is 2.67 bits per heavy atom. The van der Waals surface area contributed by atoms with Crippen molar-refractivity contribution in [3.8, 4) is 5.75 Å². The zero-order chi connectivity index (χ0) is 22.1. The summed E-state index contributed by atoms with van der Waals surface area (Å²) in [4.78, 5) is 30.2. The van der Waals surface area contributed by atoms with Gasteiger partial charge < -0.3 is 19.7 Å². The molecule has 3 rings (SSSR count). The molecule has 162 valence electrons. The molecule has 2 amide bonds. The topological polar surface area (TPSA) is 80.8 Å². The van der Waals surface area contributed by atoms with Crippen LogP contribution in [0.2, 0.25) is 0 Å². The van der Waals surface area contributed by atoms with Gasteiger partial charge in [-0.15, -0.1) is 0 Å². The van der Waals surface area contributed by atoms with Crippen LogP contribution in [0.25, 0.3) is 10.9 Å². The number of nitrogens with one attached hydrogen (secondary N) is 1. The average molecular weight is 425 g/mol. The number of amides is 2. The van der Waals surface area contributed by atoms with E-state index in [1.807, 2.05) is 0 Å². The molecule has 30 heavy (non-hydrogen) atoms. The highest BCUT2D eigenvalue weighted by molar-refractivity contribution is 5.97. The van der Waals surface area contributed by atoms with Crippen LogP contribution in [-0.4, -0.2) is 53.2 Å². The molecule has 2 aromatic rings. The highest BCUT2D eigenvalue weighted by atomic mass is 19.3. The first kappa shape index (κ1) is 21.7. The monoisotopic (exact) mass is 425 g/mol. The van der Waals surface area contributed by atoms with E-state index in [0.717, 1.165) is 12.1 Å². The zero-order valence-corrected chi connectivity index (χ0v) is 16.7. The van der Waals surface area contributed by atoms with E-state index in [1.54, 1.807) is 20.8 Å². The maximum Gasteiger partial charge on any atom is 0.410 e. The van der Waals surface area contributed by atoms with Crippen molar-refractivity contribution in [1.82, 2.24) is 15.2 Å². The van der Waals surface area contributed by atoms with E-state index in [0.29, 0.717) is 19.5 Å². The van der Waals surface area contributed by atoms with Crippen molar-refractivity contribution >= 4 is 22.9 Å². The highest BCUT2D eigenvalue weighted by Gasteiger charge is 2.30. The third-order valence-corrected chi connectivity index (χ3v) is 4.39. The van der Waals surface area contributed by atoms with Crippen LogP contribution < -0.4 is 10.1 Å². The molecule has 1 aromatic heterocycles. The Labute approximate surface area is 171 Å². The van der Waals surface area contributed by atoms with Crippen LogP contribution in [0, 0.1) is 5.82 Å². The van der Waals surface area contributed by atoms with Crippen LogP contribution in [0.1, 0.15) is 37.6 Å². The number of aromatic nitrogens is 1. The number of halogens is 3. The minimum absolute atomic E-state index is 0.181. The Hall–Kier alpha value is -3.04. The Balaban J connectivity index is 1.66. The van der Waals surface area contributed by atoms with Gasteiger partial charge in [0.2, 0.25) is 0 Å². The molecule has 1 saturated heterocycles. The second kappa shape index (κ2) is 8.37. The summed E-state index contributed by atoms with van der Waals surface area (Å²) in [6.45, 7) is 2.93. The Morgan fingerprint density at radius 2 is 2.00 bits per heavy atom. The number of ether oxygens (including phenoxy) is 2. The first-order valence-corrected chi connectivity index (χ1v) is 9.35. The lowest BCUT2D eigenvalue weighted by Crippen LogP contribution is -2.40. The Kier molecular flexibility index (Phi) is 6.04. The number of fused-ring (bicyclic) bond motifs is 1. The standard InChI is InChI=1S/C20H22F3N3O4/c1-20(2,3)30-19(28)26-5-4-13(10-26)25-17(27)12-6-11-7-14(21)16(29-18(22)23)8-15(11)24-9-12/h6-9,13,18H,4-5,10H2,1-3H3,(H,25,27)/t13-/m0/s1. The fourth-order valence-corrected chi connectivity index (χ4v) is 3.08. The summed E-state index contributed by atoms with van der Waals surface area (Å²) < 4.78 is 48.0. The van der Waals surface area contributed by atoms with E-state index in [2.05, 4.69) is 15.0 Å². The van der Waals surface area contributed by atoms with Gasteiger partial charge in [0, 0.05) is 36.8 Å². The number of carbonyl (C=O) groups is 2. The van der Waals surface area contributed by atoms with Gasteiger partial charge in [-0.1, -0.05) is 0 Å². The molecule has 1 atom stereocenters. The minimum atomic E-state index is -3.16. The van der Waals surface area contributed by atoms with E-state index in [4.69, 9.17) is 4.74 Å². The van der Waals surface area contributed by atoms with Crippen LogP contribution in [0.3, 0.4) is 0 Å². The quantitative estimate of drug-likeness (QED) is 0.808. The van der Waals surface area contributed by atoms with Crippen LogP contribution in [0.15, 0.2) is 24.4 Å². The minimum Gasteiger partial charge on any atom is -0.444 e. The first-order chi connectivity index (χ1) is 14.0. The zero-order valence-electron chi connectivity index (χ0n) is 16.7. The van der Waals surface area contributed by atoms with Crippen molar-refractivity contribution in [3.63, 3.8) is 0 Å². The normalized spacial score (nSPS) is 16.8. The van der Waals surface area contributed by atoms with Crippen molar-refractivity contribution < 1.29 is 32.2 Å². The van der Waals surface area contributed by atoms with Gasteiger partial charge in [0.1, 0.15) is 5.60 Å². The number of pyridine rings is 1. The van der Waals surface area contributed by atoms with Gasteiger partial charge in [-0.2, -0.15) is 8.78 Å². The fraction of sp³-hybridized carbons (Fsp3) is 0.450. The third kappa shape index (κ3) is 5.31. The molecule has 2 heterocycles. The number of alkyl halides is 2. The molecule has 7 nitrogen and oxygen atoms in total. The number of nitrogens with zero attached hydrogens (tertiary/aromatic N) is 2. The lowest BCUT2D eigenvalue weighted by atomic mass is 10.1. The number of hydrogen-bond acceptors (Lipinski definition) is 5. The van der Waals surface area contributed by atoms with Crippen molar-refractivity contribution in [1.29, 1.82) is 0 Å². The number of hydrogen-bond donors (Lipinski definition) is 1. The summed E-state index contributed by atoms with van der Waals surface area (Å²) >= 11 is 0. The molecule has 0 radical (unpaired) electrons. The van der Waals surface area contributed by atoms with Crippen LogP contribution in [0.4, 0.5) is 18.0 Å². The number of likely N-dealkylation sites (tertiary alicyclic amines) is 1. The van der Waals surface area contributed by atoms with Gasteiger partial charge in [0.05, 0.1) is 11.1 Å². The summed E-state index contributed by atoms with van der Waals surface area (Å²) in [6, 6.07) is 3.18. The molecule has 1 fully saturated rings. The smallest absolute Gasteiger partial charge is 0.410 e. The van der Waals surface area contributed by atoms with Gasteiger partial charge in [-0.25, -0.2) is 9.18 Å². The second-order valence-electron chi connectivity index (χ2n) is 7.96. The highest BCUT2D eigenvalue weighted by Crippen LogP contribution is 2.25. The van der Waals surface area contributed by atoms with E-state index in [-0.39, 0.29) is 22.5 Å². The maximum absolute atomic E-state index is 13.9. The molecule has 0 spiro atoms. The Bertz CT molecular complexity index is 962. The summed E-state index contributed by atoms with van der Waals surface area (Å²) in [7, 11) is 0. The van der Waals surface area contributed by atoms with Gasteiger partial charge >= 0.3 is 12.7 Å². The molecule has 1 aliphatic rings. The van der Waals surface area contributed by atoms with Gasteiger partial charge in [0.15, 0.2) is 11.6 Å². The predicted octanol–water partition coefficient (Wildman–Crippen LogP) is 3.71.